The Morgan fingerprint density at radius 3 is 2.49 bits per heavy atom. The van der Waals surface area contributed by atoms with Gasteiger partial charge in [0, 0.05) is 60.8 Å². The average Bonchev–Trinajstić information content (AvgIpc) is 3.37. The van der Waals surface area contributed by atoms with Crippen LogP contribution >= 0.6 is 0 Å². The number of amides is 2. The number of benzene rings is 3. The number of nitrogens with zero attached hydrogens (tertiary/aromatic N) is 3. The maximum Gasteiger partial charge on any atom is 0.246 e. The first-order chi connectivity index (χ1) is 20.0. The lowest BCUT2D eigenvalue weighted by atomic mass is 9.85. The number of quaternary nitrogens is 1. The van der Waals surface area contributed by atoms with E-state index in [-0.39, 0.29) is 30.1 Å². The van der Waals surface area contributed by atoms with Gasteiger partial charge in [0.05, 0.1) is 6.04 Å². The van der Waals surface area contributed by atoms with Crippen LogP contribution in [0.2, 0.25) is 0 Å². The highest BCUT2D eigenvalue weighted by molar-refractivity contribution is 5.98. The third kappa shape index (κ3) is 4.61. The van der Waals surface area contributed by atoms with E-state index < -0.39 is 17.3 Å². The minimum Gasteiger partial charge on any atom is -0.595 e. The lowest BCUT2D eigenvalue weighted by Crippen LogP contribution is -2.99. The van der Waals surface area contributed by atoms with Crippen LogP contribution < -0.4 is 5.23 Å². The summed E-state index contributed by atoms with van der Waals surface area (Å²) in [5.41, 5.74) is 4.94. The zero-order chi connectivity index (χ0) is 28.1. The SMILES string of the molecule is O=C1[C@@H]2Cc3c([nH]c4ccccc34)C(c3cccc([NH+]([O-])O)c3)N2C(=O)CN1C1CCN(Cc2ccccc2)CC1. The van der Waals surface area contributed by atoms with Crippen molar-refractivity contribution in [2.24, 2.45) is 0 Å². The van der Waals surface area contributed by atoms with Crippen LogP contribution in [0.4, 0.5) is 5.69 Å². The van der Waals surface area contributed by atoms with Crippen molar-refractivity contribution in [3.8, 4) is 0 Å². The van der Waals surface area contributed by atoms with E-state index in [1.165, 1.54) is 5.56 Å². The van der Waals surface area contributed by atoms with Crippen molar-refractivity contribution in [1.29, 1.82) is 0 Å². The predicted octanol–water partition coefficient (Wildman–Crippen LogP) is 2.92. The topological polar surface area (TPSA) is 107 Å². The Hall–Kier alpha value is -4.02. The molecule has 9 nitrogen and oxygen atoms in total. The molecule has 0 spiro atoms. The number of aromatic amines is 1. The number of piperazine rings is 1. The second-order valence-electron chi connectivity index (χ2n) is 11.4. The Bertz CT molecular complexity index is 1590. The van der Waals surface area contributed by atoms with Crippen molar-refractivity contribution in [1.82, 2.24) is 19.7 Å². The molecule has 7 rings (SSSR count). The van der Waals surface area contributed by atoms with Gasteiger partial charge in [-0.2, -0.15) is 5.23 Å². The number of fused-ring (bicyclic) bond motifs is 4. The second-order valence-corrected chi connectivity index (χ2v) is 11.4. The van der Waals surface area contributed by atoms with E-state index in [9.17, 15) is 20.0 Å². The number of aromatic nitrogens is 1. The first-order valence-electron chi connectivity index (χ1n) is 14.3. The molecule has 1 aromatic heterocycles. The highest BCUT2D eigenvalue weighted by Gasteiger charge is 2.49. The molecule has 3 aromatic carbocycles. The summed E-state index contributed by atoms with van der Waals surface area (Å²) in [5, 5.41) is 21.5. The van der Waals surface area contributed by atoms with E-state index in [1.807, 2.05) is 41.3 Å². The van der Waals surface area contributed by atoms with E-state index >= 15 is 0 Å². The van der Waals surface area contributed by atoms with E-state index in [0.717, 1.165) is 54.6 Å². The molecule has 2 fully saturated rings. The average molecular weight is 552 g/mol. The standard InChI is InChI=1S/C32H33N5O4/c38-29-20-35(23-13-15-34(16-14-23)19-21-7-2-1-3-8-21)32(39)28-18-26-25-11-4-5-12-27(25)33-30(26)31(36(28)29)22-9-6-10-24(17-22)37(40)41/h1-12,17,23,28,31,33,37,40H,13-16,18-20H2/t28-,31?/m0/s1. The number of rotatable bonds is 5. The van der Waals surface area contributed by atoms with Gasteiger partial charge in [0.15, 0.2) is 5.69 Å². The number of piperidine rings is 1. The minimum absolute atomic E-state index is 0.0126. The molecule has 4 aromatic rings. The summed E-state index contributed by atoms with van der Waals surface area (Å²) in [5.74, 6) is -0.113. The van der Waals surface area contributed by atoms with Gasteiger partial charge in [0.25, 0.3) is 0 Å². The molecule has 4 heterocycles. The molecule has 0 radical (unpaired) electrons. The third-order valence-electron chi connectivity index (χ3n) is 8.99. The zero-order valence-electron chi connectivity index (χ0n) is 22.7. The minimum atomic E-state index is -1.03. The van der Waals surface area contributed by atoms with Crippen molar-refractivity contribution in [2.45, 2.75) is 43.9 Å². The van der Waals surface area contributed by atoms with Gasteiger partial charge in [-0.25, -0.2) is 5.21 Å². The predicted molar refractivity (Wildman–Crippen MR) is 153 cm³/mol. The van der Waals surface area contributed by atoms with Gasteiger partial charge in [-0.05, 0) is 35.6 Å². The number of carbonyl (C=O) groups excluding carboxylic acids is 2. The number of likely N-dealkylation sites (tertiary alicyclic amines) is 1. The van der Waals surface area contributed by atoms with Crippen LogP contribution in [0.15, 0.2) is 78.9 Å². The van der Waals surface area contributed by atoms with Crippen molar-refractivity contribution in [3.63, 3.8) is 0 Å². The quantitative estimate of drug-likeness (QED) is 0.331. The van der Waals surface area contributed by atoms with E-state index in [2.05, 4.69) is 34.1 Å². The Kier molecular flexibility index (Phi) is 6.59. The monoisotopic (exact) mass is 551 g/mol. The Morgan fingerprint density at radius 1 is 0.951 bits per heavy atom. The normalized spacial score (nSPS) is 22.6. The lowest BCUT2D eigenvalue weighted by molar-refractivity contribution is -0.991. The van der Waals surface area contributed by atoms with E-state index in [0.29, 0.717) is 12.0 Å². The maximum absolute atomic E-state index is 14.2. The first-order valence-corrected chi connectivity index (χ1v) is 14.3. The van der Waals surface area contributed by atoms with Crippen LogP contribution in [0.3, 0.4) is 0 Å². The summed E-state index contributed by atoms with van der Waals surface area (Å²) in [6.07, 6.45) is 2.10. The van der Waals surface area contributed by atoms with E-state index in [1.54, 1.807) is 23.1 Å². The van der Waals surface area contributed by atoms with Gasteiger partial charge >= 0.3 is 0 Å². The summed E-state index contributed by atoms with van der Waals surface area (Å²) in [6, 6.07) is 23.9. The van der Waals surface area contributed by atoms with Crippen molar-refractivity contribution in [2.75, 3.05) is 19.6 Å². The van der Waals surface area contributed by atoms with Crippen molar-refractivity contribution < 1.29 is 20.0 Å². The molecule has 2 unspecified atom stereocenters. The van der Waals surface area contributed by atoms with Crippen molar-refractivity contribution in [3.05, 3.63) is 106 Å². The van der Waals surface area contributed by atoms with Gasteiger partial charge in [0.2, 0.25) is 11.8 Å². The summed E-state index contributed by atoms with van der Waals surface area (Å²) in [4.78, 5) is 37.6. The molecule has 2 saturated heterocycles. The summed E-state index contributed by atoms with van der Waals surface area (Å²) < 4.78 is 0. The smallest absolute Gasteiger partial charge is 0.246 e. The third-order valence-corrected chi connectivity index (χ3v) is 8.99. The lowest BCUT2D eigenvalue weighted by Gasteiger charge is -2.49. The van der Waals surface area contributed by atoms with Crippen LogP contribution in [0.1, 0.15) is 41.3 Å². The van der Waals surface area contributed by atoms with E-state index in [4.69, 9.17) is 0 Å². The summed E-state index contributed by atoms with van der Waals surface area (Å²) in [6.45, 7) is 2.69. The highest BCUT2D eigenvalue weighted by Crippen LogP contribution is 2.43. The molecule has 0 aliphatic carbocycles. The molecule has 0 bridgehead atoms. The van der Waals surface area contributed by atoms with Crippen LogP contribution in [0.5, 0.6) is 0 Å². The molecular formula is C32H33N5O4. The summed E-state index contributed by atoms with van der Waals surface area (Å²) >= 11 is 0. The summed E-state index contributed by atoms with van der Waals surface area (Å²) in [7, 11) is 0. The number of para-hydroxylation sites is 1. The molecule has 3 N–H and O–H groups in total. The molecule has 3 atom stereocenters. The fourth-order valence-electron chi connectivity index (χ4n) is 7.01. The largest absolute Gasteiger partial charge is 0.595 e. The molecule has 210 valence electrons. The zero-order valence-corrected chi connectivity index (χ0v) is 22.7. The van der Waals surface area contributed by atoms with Crippen LogP contribution in [-0.2, 0) is 22.6 Å². The number of nitrogens with one attached hydrogen (secondary N) is 2. The fourth-order valence-corrected chi connectivity index (χ4v) is 7.01. The Balaban J connectivity index is 1.19. The molecule has 3 aliphatic rings. The van der Waals surface area contributed by atoms with Gasteiger partial charge in [-0.1, -0.05) is 60.7 Å². The van der Waals surface area contributed by atoms with Crippen LogP contribution in [-0.4, -0.2) is 68.4 Å². The molecule has 41 heavy (non-hydrogen) atoms. The first kappa shape index (κ1) is 25.9. The number of hydrogen-bond donors (Lipinski definition) is 3. The van der Waals surface area contributed by atoms with Gasteiger partial charge < -0.3 is 20.0 Å². The number of carbonyl (C=O) groups is 2. The van der Waals surface area contributed by atoms with Gasteiger partial charge in [-0.3, -0.25) is 14.5 Å². The molecule has 0 saturated carbocycles. The van der Waals surface area contributed by atoms with Gasteiger partial charge in [-0.15, -0.1) is 0 Å². The van der Waals surface area contributed by atoms with Crippen LogP contribution in [0.25, 0.3) is 10.9 Å². The molecule has 3 aliphatic heterocycles. The Morgan fingerprint density at radius 2 is 1.71 bits per heavy atom. The molecular weight excluding hydrogens is 518 g/mol. The maximum atomic E-state index is 14.2. The highest BCUT2D eigenvalue weighted by atomic mass is 16.8. The molecule has 2 amide bonds. The second kappa shape index (κ2) is 10.4. The van der Waals surface area contributed by atoms with Crippen molar-refractivity contribution >= 4 is 28.4 Å². The number of H-pyrrole nitrogens is 1. The number of hydrogen-bond acceptors (Lipinski definition) is 5. The molecule has 9 heteroatoms. The Labute approximate surface area is 238 Å². The van der Waals surface area contributed by atoms with Gasteiger partial charge in [0.1, 0.15) is 12.6 Å². The van der Waals surface area contributed by atoms with Crippen LogP contribution in [0, 0.1) is 5.21 Å². The fraction of sp³-hybridized carbons (Fsp3) is 0.312.